The van der Waals surface area contributed by atoms with Gasteiger partial charge >= 0.3 is 0 Å². The Labute approximate surface area is 102 Å². The molecule has 0 bridgehead atoms. The predicted octanol–water partition coefficient (Wildman–Crippen LogP) is 4.51. The molecule has 1 rings (SSSR count). The lowest BCUT2D eigenvalue weighted by Crippen LogP contribution is -2.41. The first-order chi connectivity index (χ1) is 7.80. The molecular formula is C15H31N. The van der Waals surface area contributed by atoms with Crippen molar-refractivity contribution in [1.29, 1.82) is 0 Å². The Morgan fingerprint density at radius 2 is 1.75 bits per heavy atom. The van der Waals surface area contributed by atoms with Gasteiger partial charge in [0.15, 0.2) is 0 Å². The summed E-state index contributed by atoms with van der Waals surface area (Å²) < 4.78 is 0. The van der Waals surface area contributed by atoms with E-state index in [1.54, 1.807) is 0 Å². The smallest absolute Gasteiger partial charge is 0.00722 e. The van der Waals surface area contributed by atoms with E-state index in [1.165, 1.54) is 57.8 Å². The fourth-order valence-corrected chi connectivity index (χ4v) is 3.15. The molecule has 0 spiro atoms. The molecule has 2 unspecified atom stereocenters. The molecule has 0 amide bonds. The van der Waals surface area contributed by atoms with Crippen molar-refractivity contribution in [1.82, 2.24) is 5.32 Å². The lowest BCUT2D eigenvalue weighted by molar-refractivity contribution is 0.252. The van der Waals surface area contributed by atoms with Gasteiger partial charge in [0.2, 0.25) is 0 Å². The van der Waals surface area contributed by atoms with E-state index in [0.29, 0.717) is 0 Å². The van der Waals surface area contributed by atoms with E-state index in [-0.39, 0.29) is 0 Å². The number of hydrogen-bond acceptors (Lipinski definition) is 1. The molecule has 1 aliphatic rings. The standard InChI is InChI=1S/C15H31N/c1-4-8-14(9-5-2)16-15-11-7-10-13(6-3)12-15/h13-16H,4-12H2,1-3H3. The van der Waals surface area contributed by atoms with Gasteiger partial charge in [0, 0.05) is 12.1 Å². The summed E-state index contributed by atoms with van der Waals surface area (Å²) in [6.07, 6.45) is 12.5. The van der Waals surface area contributed by atoms with Gasteiger partial charge in [-0.2, -0.15) is 0 Å². The highest BCUT2D eigenvalue weighted by atomic mass is 14.9. The van der Waals surface area contributed by atoms with Crippen LogP contribution in [0.15, 0.2) is 0 Å². The molecule has 96 valence electrons. The van der Waals surface area contributed by atoms with Gasteiger partial charge in [0.05, 0.1) is 0 Å². The minimum Gasteiger partial charge on any atom is -0.311 e. The van der Waals surface area contributed by atoms with E-state index >= 15 is 0 Å². The van der Waals surface area contributed by atoms with Crippen LogP contribution in [-0.2, 0) is 0 Å². The molecule has 0 radical (unpaired) electrons. The summed E-state index contributed by atoms with van der Waals surface area (Å²) in [5.41, 5.74) is 0. The summed E-state index contributed by atoms with van der Waals surface area (Å²) in [7, 11) is 0. The molecule has 1 N–H and O–H groups in total. The van der Waals surface area contributed by atoms with E-state index in [4.69, 9.17) is 0 Å². The minimum atomic E-state index is 0.788. The van der Waals surface area contributed by atoms with Gasteiger partial charge in [-0.1, -0.05) is 52.9 Å². The van der Waals surface area contributed by atoms with Gasteiger partial charge in [-0.15, -0.1) is 0 Å². The van der Waals surface area contributed by atoms with Crippen LogP contribution < -0.4 is 5.32 Å². The Balaban J connectivity index is 2.31. The second-order valence-corrected chi connectivity index (χ2v) is 5.58. The van der Waals surface area contributed by atoms with Gasteiger partial charge in [0.1, 0.15) is 0 Å². The lowest BCUT2D eigenvalue weighted by Gasteiger charge is -2.32. The van der Waals surface area contributed by atoms with Gasteiger partial charge in [-0.3, -0.25) is 0 Å². The first-order valence-corrected chi connectivity index (χ1v) is 7.56. The molecule has 0 aliphatic heterocycles. The normalized spacial score (nSPS) is 26.2. The Kier molecular flexibility index (Phi) is 7.11. The molecule has 0 saturated heterocycles. The van der Waals surface area contributed by atoms with Crippen molar-refractivity contribution in [3.8, 4) is 0 Å². The van der Waals surface area contributed by atoms with Crippen molar-refractivity contribution < 1.29 is 0 Å². The van der Waals surface area contributed by atoms with Crippen molar-refractivity contribution >= 4 is 0 Å². The Morgan fingerprint density at radius 1 is 1.06 bits per heavy atom. The summed E-state index contributed by atoms with van der Waals surface area (Å²) in [4.78, 5) is 0. The van der Waals surface area contributed by atoms with E-state index in [0.717, 1.165) is 18.0 Å². The topological polar surface area (TPSA) is 12.0 Å². The highest BCUT2D eigenvalue weighted by Gasteiger charge is 2.22. The highest BCUT2D eigenvalue weighted by molar-refractivity contribution is 4.80. The van der Waals surface area contributed by atoms with Crippen LogP contribution in [0, 0.1) is 5.92 Å². The largest absolute Gasteiger partial charge is 0.311 e. The zero-order chi connectivity index (χ0) is 11.8. The third-order valence-electron chi connectivity index (χ3n) is 4.11. The molecule has 0 aromatic rings. The maximum Gasteiger partial charge on any atom is 0.00722 e. The SMILES string of the molecule is CCCC(CCC)NC1CCCC(CC)C1. The molecule has 0 aromatic heterocycles. The number of rotatable bonds is 7. The minimum absolute atomic E-state index is 0.788. The van der Waals surface area contributed by atoms with Crippen molar-refractivity contribution in [2.24, 2.45) is 5.92 Å². The van der Waals surface area contributed by atoms with Crippen LogP contribution >= 0.6 is 0 Å². The molecule has 1 fully saturated rings. The van der Waals surface area contributed by atoms with Gasteiger partial charge in [-0.05, 0) is 31.6 Å². The Morgan fingerprint density at radius 3 is 2.31 bits per heavy atom. The van der Waals surface area contributed by atoms with Crippen LogP contribution in [-0.4, -0.2) is 12.1 Å². The maximum atomic E-state index is 3.92. The molecule has 1 saturated carbocycles. The Bertz CT molecular complexity index is 161. The molecular weight excluding hydrogens is 194 g/mol. The zero-order valence-electron chi connectivity index (χ0n) is 11.6. The first kappa shape index (κ1) is 14.0. The summed E-state index contributed by atoms with van der Waals surface area (Å²) in [6.45, 7) is 6.96. The second-order valence-electron chi connectivity index (χ2n) is 5.58. The van der Waals surface area contributed by atoms with Gasteiger partial charge in [-0.25, -0.2) is 0 Å². The van der Waals surface area contributed by atoms with Crippen molar-refractivity contribution in [2.75, 3.05) is 0 Å². The van der Waals surface area contributed by atoms with Crippen LogP contribution in [0.25, 0.3) is 0 Å². The van der Waals surface area contributed by atoms with Crippen molar-refractivity contribution in [3.05, 3.63) is 0 Å². The molecule has 16 heavy (non-hydrogen) atoms. The molecule has 1 aliphatic carbocycles. The third kappa shape index (κ3) is 4.86. The van der Waals surface area contributed by atoms with E-state index in [2.05, 4.69) is 26.1 Å². The predicted molar refractivity (Wildman–Crippen MR) is 72.8 cm³/mol. The second kappa shape index (κ2) is 8.11. The van der Waals surface area contributed by atoms with E-state index < -0.39 is 0 Å². The van der Waals surface area contributed by atoms with Crippen LogP contribution in [0.2, 0.25) is 0 Å². The third-order valence-corrected chi connectivity index (χ3v) is 4.11. The molecule has 1 nitrogen and oxygen atoms in total. The van der Waals surface area contributed by atoms with E-state index in [9.17, 15) is 0 Å². The average molecular weight is 225 g/mol. The summed E-state index contributed by atoms with van der Waals surface area (Å²) in [5, 5.41) is 3.92. The lowest BCUT2D eigenvalue weighted by atomic mass is 9.83. The zero-order valence-corrected chi connectivity index (χ0v) is 11.6. The maximum absolute atomic E-state index is 3.92. The first-order valence-electron chi connectivity index (χ1n) is 7.56. The average Bonchev–Trinajstić information content (AvgIpc) is 2.30. The quantitative estimate of drug-likeness (QED) is 0.672. The van der Waals surface area contributed by atoms with Crippen molar-refractivity contribution in [2.45, 2.75) is 90.6 Å². The van der Waals surface area contributed by atoms with Crippen LogP contribution in [0.1, 0.15) is 78.6 Å². The highest BCUT2D eigenvalue weighted by Crippen LogP contribution is 2.27. The summed E-state index contributed by atoms with van der Waals surface area (Å²) >= 11 is 0. The summed E-state index contributed by atoms with van der Waals surface area (Å²) in [6, 6.07) is 1.61. The monoisotopic (exact) mass is 225 g/mol. The number of nitrogens with one attached hydrogen (secondary N) is 1. The Hall–Kier alpha value is -0.0400. The number of hydrogen-bond donors (Lipinski definition) is 1. The molecule has 1 heteroatoms. The van der Waals surface area contributed by atoms with Gasteiger partial charge in [0.25, 0.3) is 0 Å². The van der Waals surface area contributed by atoms with Crippen LogP contribution in [0.3, 0.4) is 0 Å². The molecule has 0 aromatic carbocycles. The van der Waals surface area contributed by atoms with Gasteiger partial charge < -0.3 is 5.32 Å². The summed E-state index contributed by atoms with van der Waals surface area (Å²) in [5.74, 6) is 0.996. The fraction of sp³-hybridized carbons (Fsp3) is 1.00. The van der Waals surface area contributed by atoms with Crippen LogP contribution in [0.5, 0.6) is 0 Å². The molecule has 2 atom stereocenters. The van der Waals surface area contributed by atoms with E-state index in [1.807, 2.05) is 0 Å². The van der Waals surface area contributed by atoms with Crippen molar-refractivity contribution in [3.63, 3.8) is 0 Å². The molecule has 0 heterocycles. The van der Waals surface area contributed by atoms with Crippen LogP contribution in [0.4, 0.5) is 0 Å². The fourth-order valence-electron chi connectivity index (χ4n) is 3.15.